The van der Waals surface area contributed by atoms with Crippen LogP contribution in [0.25, 0.3) is 0 Å². The van der Waals surface area contributed by atoms with E-state index in [0.717, 1.165) is 44.9 Å². The zero-order valence-corrected chi connectivity index (χ0v) is 22.2. The van der Waals surface area contributed by atoms with E-state index in [1.165, 1.54) is 6.42 Å². The maximum absolute atomic E-state index is 13.5. The number of hydrogen-bond acceptors (Lipinski definition) is 6. The molecule has 1 heterocycles. The van der Waals surface area contributed by atoms with Crippen molar-refractivity contribution in [2.75, 3.05) is 6.61 Å². The van der Waals surface area contributed by atoms with Crippen LogP contribution in [0.4, 0.5) is 0 Å². The van der Waals surface area contributed by atoms with Gasteiger partial charge in [0, 0.05) is 18.8 Å². The standard InChI is InChI=1S/C28H46O6/c1-7-21(17-24(2,3)23(30)34-26(6)10-8-9-11-32-26)22(29)33-25(4,5)27-13-19-12-20(14-27)16-28(31,15-19)18-27/h19-21,31H,7-18H2,1-6H3. The SMILES string of the molecule is CCC(CC(C)(C)C(=O)OC1(C)CCCCO1)C(=O)OC(C)(C)C12CC3CC(CC(O)(C3)C1)C2. The molecule has 0 amide bonds. The van der Waals surface area contributed by atoms with Gasteiger partial charge in [-0.05, 0) is 104 Å². The molecule has 0 spiro atoms. The first kappa shape index (κ1) is 25.9. The quantitative estimate of drug-likeness (QED) is 0.461. The highest BCUT2D eigenvalue weighted by Crippen LogP contribution is 2.65. The van der Waals surface area contributed by atoms with Gasteiger partial charge in [-0.15, -0.1) is 0 Å². The van der Waals surface area contributed by atoms with Crippen LogP contribution in [0.3, 0.4) is 0 Å². The fraction of sp³-hybridized carbons (Fsp3) is 0.929. The van der Waals surface area contributed by atoms with Crippen LogP contribution >= 0.6 is 0 Å². The molecule has 0 aromatic carbocycles. The van der Waals surface area contributed by atoms with Gasteiger partial charge >= 0.3 is 11.9 Å². The number of carbonyl (C=O) groups excluding carboxylic acids is 2. The van der Waals surface area contributed by atoms with Crippen molar-refractivity contribution in [1.82, 2.24) is 0 Å². The highest BCUT2D eigenvalue weighted by Gasteiger charge is 2.63. The third kappa shape index (κ3) is 4.91. The molecule has 4 bridgehead atoms. The molecule has 5 aliphatic rings. The summed E-state index contributed by atoms with van der Waals surface area (Å²) >= 11 is 0. The molecule has 1 N–H and O–H groups in total. The number of rotatable bonds is 8. The Bertz CT molecular complexity index is 779. The van der Waals surface area contributed by atoms with E-state index in [1.54, 1.807) is 0 Å². The van der Waals surface area contributed by atoms with Crippen molar-refractivity contribution < 1.29 is 28.9 Å². The average Bonchev–Trinajstić information content (AvgIpc) is 2.70. The molecule has 1 saturated heterocycles. The van der Waals surface area contributed by atoms with Crippen molar-refractivity contribution in [3.8, 4) is 0 Å². The largest absolute Gasteiger partial charge is 0.459 e. The molecule has 6 heteroatoms. The minimum Gasteiger partial charge on any atom is -0.459 e. The van der Waals surface area contributed by atoms with Crippen LogP contribution in [0.15, 0.2) is 0 Å². The van der Waals surface area contributed by atoms with Gasteiger partial charge in [0.2, 0.25) is 5.79 Å². The first-order valence-corrected chi connectivity index (χ1v) is 13.5. The van der Waals surface area contributed by atoms with E-state index >= 15 is 0 Å². The number of ether oxygens (including phenoxy) is 3. The predicted octanol–water partition coefficient (Wildman–Crippen LogP) is 5.54. The summed E-state index contributed by atoms with van der Waals surface area (Å²) in [5.41, 5.74) is -2.25. The van der Waals surface area contributed by atoms with Crippen molar-refractivity contribution in [3.05, 3.63) is 0 Å². The number of hydrogen-bond donors (Lipinski definition) is 1. The zero-order chi connectivity index (χ0) is 25.0. The lowest BCUT2D eigenvalue weighted by Crippen LogP contribution is -2.63. The maximum Gasteiger partial charge on any atom is 0.314 e. The molecule has 0 aromatic heterocycles. The lowest BCUT2D eigenvalue weighted by Gasteiger charge is -2.64. The second kappa shape index (κ2) is 8.76. The molecule has 194 valence electrons. The normalized spacial score (nSPS) is 38.4. The summed E-state index contributed by atoms with van der Waals surface area (Å²) in [6.45, 7) is 12.2. The van der Waals surface area contributed by atoms with E-state index in [-0.39, 0.29) is 23.3 Å². The zero-order valence-electron chi connectivity index (χ0n) is 22.2. The lowest BCUT2D eigenvalue weighted by atomic mass is 9.44. The molecule has 34 heavy (non-hydrogen) atoms. The Hall–Kier alpha value is -1.14. The minimum absolute atomic E-state index is 0.166. The van der Waals surface area contributed by atoms with Crippen LogP contribution in [-0.4, -0.2) is 40.6 Å². The van der Waals surface area contributed by atoms with Gasteiger partial charge in [0.25, 0.3) is 0 Å². The van der Waals surface area contributed by atoms with Crippen molar-refractivity contribution in [2.24, 2.45) is 28.6 Å². The van der Waals surface area contributed by atoms with Crippen LogP contribution in [0.1, 0.15) is 112 Å². The summed E-state index contributed by atoms with van der Waals surface area (Å²) in [7, 11) is 0. The summed E-state index contributed by atoms with van der Waals surface area (Å²) in [5, 5.41) is 11.2. The van der Waals surface area contributed by atoms with Crippen molar-refractivity contribution in [3.63, 3.8) is 0 Å². The van der Waals surface area contributed by atoms with Gasteiger partial charge in [0.05, 0.1) is 23.5 Å². The van der Waals surface area contributed by atoms with Crippen LogP contribution in [0.2, 0.25) is 0 Å². The minimum atomic E-state index is -0.879. The fourth-order valence-corrected chi connectivity index (χ4v) is 7.78. The number of aliphatic hydroxyl groups is 1. The molecular formula is C28H46O6. The van der Waals surface area contributed by atoms with E-state index in [4.69, 9.17) is 14.2 Å². The van der Waals surface area contributed by atoms with Crippen molar-refractivity contribution in [1.29, 1.82) is 0 Å². The maximum atomic E-state index is 13.5. The van der Waals surface area contributed by atoms with Crippen molar-refractivity contribution in [2.45, 2.75) is 129 Å². The van der Waals surface area contributed by atoms with Crippen molar-refractivity contribution >= 4 is 11.9 Å². The van der Waals surface area contributed by atoms with Gasteiger partial charge in [0.1, 0.15) is 5.60 Å². The Morgan fingerprint density at radius 1 is 1.09 bits per heavy atom. The molecule has 1 aliphatic heterocycles. The average molecular weight is 479 g/mol. The molecule has 4 aliphatic carbocycles. The van der Waals surface area contributed by atoms with Gasteiger partial charge in [-0.3, -0.25) is 9.59 Å². The van der Waals surface area contributed by atoms with E-state index in [1.807, 2.05) is 41.5 Å². The Morgan fingerprint density at radius 3 is 2.26 bits per heavy atom. The van der Waals surface area contributed by atoms with Gasteiger partial charge in [0.15, 0.2) is 0 Å². The Morgan fingerprint density at radius 2 is 1.74 bits per heavy atom. The van der Waals surface area contributed by atoms with Crippen LogP contribution in [-0.2, 0) is 23.8 Å². The second-order valence-electron chi connectivity index (χ2n) is 13.4. The van der Waals surface area contributed by atoms with Crippen LogP contribution in [0.5, 0.6) is 0 Å². The fourth-order valence-electron chi connectivity index (χ4n) is 7.78. The van der Waals surface area contributed by atoms with Gasteiger partial charge < -0.3 is 19.3 Å². The lowest BCUT2D eigenvalue weighted by molar-refractivity contribution is -0.245. The van der Waals surface area contributed by atoms with Gasteiger partial charge in [-0.25, -0.2) is 0 Å². The summed E-state index contributed by atoms with van der Waals surface area (Å²) in [6.07, 6.45) is 9.38. The molecule has 0 radical (unpaired) electrons. The van der Waals surface area contributed by atoms with Gasteiger partial charge in [-0.1, -0.05) is 6.92 Å². The van der Waals surface area contributed by atoms with E-state index in [2.05, 4.69) is 0 Å². The summed E-state index contributed by atoms with van der Waals surface area (Å²) in [6, 6.07) is 0. The van der Waals surface area contributed by atoms with Crippen LogP contribution in [0, 0.1) is 28.6 Å². The third-order valence-electron chi connectivity index (χ3n) is 9.54. The molecule has 5 rings (SSSR count). The number of carbonyl (C=O) groups is 2. The summed E-state index contributed by atoms with van der Waals surface area (Å²) in [5.74, 6) is -0.775. The summed E-state index contributed by atoms with van der Waals surface area (Å²) in [4.78, 5) is 26.5. The smallest absolute Gasteiger partial charge is 0.314 e. The molecule has 4 atom stereocenters. The molecule has 4 unspecified atom stereocenters. The predicted molar refractivity (Wildman–Crippen MR) is 129 cm³/mol. The van der Waals surface area contributed by atoms with Crippen LogP contribution < -0.4 is 0 Å². The van der Waals surface area contributed by atoms with Gasteiger partial charge in [-0.2, -0.15) is 0 Å². The third-order valence-corrected chi connectivity index (χ3v) is 9.54. The first-order chi connectivity index (χ1) is 15.7. The number of esters is 2. The molecule has 0 aromatic rings. The topological polar surface area (TPSA) is 82.1 Å². The Balaban J connectivity index is 1.41. The molecule has 6 nitrogen and oxygen atoms in total. The van der Waals surface area contributed by atoms with E-state index in [9.17, 15) is 14.7 Å². The molecule has 5 fully saturated rings. The highest BCUT2D eigenvalue weighted by molar-refractivity contribution is 5.78. The monoisotopic (exact) mass is 478 g/mol. The highest BCUT2D eigenvalue weighted by atomic mass is 16.7. The first-order valence-electron chi connectivity index (χ1n) is 13.5. The molecule has 4 saturated carbocycles. The summed E-state index contributed by atoms with van der Waals surface area (Å²) < 4.78 is 17.8. The Kier molecular flexibility index (Phi) is 6.68. The van der Waals surface area contributed by atoms with E-state index < -0.39 is 22.4 Å². The second-order valence-corrected chi connectivity index (χ2v) is 13.4. The molecular weight excluding hydrogens is 432 g/mol. The van der Waals surface area contributed by atoms with E-state index in [0.29, 0.717) is 37.7 Å². The Labute approximate surface area is 205 Å².